The lowest BCUT2D eigenvalue weighted by Gasteiger charge is -2.24. The van der Waals surface area contributed by atoms with Gasteiger partial charge in [0.05, 0.1) is 0 Å². The van der Waals surface area contributed by atoms with E-state index in [2.05, 4.69) is 0 Å². The van der Waals surface area contributed by atoms with E-state index in [0.717, 1.165) is 29.0 Å². The number of nitrogens with zero attached hydrogens (tertiary/aromatic N) is 1. The lowest BCUT2D eigenvalue weighted by molar-refractivity contribution is 0.627. The minimum atomic E-state index is -0.252. The highest BCUT2D eigenvalue weighted by Crippen LogP contribution is 2.27. The zero-order valence-corrected chi connectivity index (χ0v) is 11.7. The average Bonchev–Trinajstić information content (AvgIpc) is 2.39. The molecule has 4 heteroatoms. The fourth-order valence-corrected chi connectivity index (χ4v) is 2.28. The highest BCUT2D eigenvalue weighted by atomic mass is 19.1. The number of benzene rings is 2. The van der Waals surface area contributed by atoms with Crippen LogP contribution in [0.3, 0.4) is 0 Å². The third kappa shape index (κ3) is 2.79. The van der Waals surface area contributed by atoms with E-state index >= 15 is 0 Å². The van der Waals surface area contributed by atoms with Gasteiger partial charge < -0.3 is 10.6 Å². The van der Waals surface area contributed by atoms with E-state index < -0.39 is 0 Å². The van der Waals surface area contributed by atoms with Gasteiger partial charge in [0.25, 0.3) is 0 Å². The van der Waals surface area contributed by atoms with E-state index in [1.165, 1.54) is 12.1 Å². The molecule has 0 fully saturated rings. The number of aryl methyl sites for hydroxylation is 1. The molecule has 0 aliphatic heterocycles. The highest BCUT2D eigenvalue weighted by molar-refractivity contribution is 5.96. The third-order valence-corrected chi connectivity index (χ3v) is 3.25. The number of nitrogens with two attached hydrogens (primary N) is 1. The van der Waals surface area contributed by atoms with E-state index in [4.69, 9.17) is 11.1 Å². The number of halogens is 1. The van der Waals surface area contributed by atoms with Gasteiger partial charge in [0.1, 0.15) is 11.7 Å². The SMILES string of the molecule is CCN(c1cccc(F)c1)c1ccc(C(=N)N)c(C)c1. The maximum absolute atomic E-state index is 13.4. The summed E-state index contributed by atoms with van der Waals surface area (Å²) in [5.41, 5.74) is 8.95. The molecule has 104 valence electrons. The Morgan fingerprint density at radius 2 is 1.90 bits per heavy atom. The third-order valence-electron chi connectivity index (χ3n) is 3.25. The first-order valence-corrected chi connectivity index (χ1v) is 6.51. The van der Waals surface area contributed by atoms with Crippen molar-refractivity contribution in [3.05, 3.63) is 59.4 Å². The standard InChI is InChI=1S/C16H18FN3/c1-3-20(13-6-4-5-12(17)10-13)14-7-8-15(16(18)19)11(2)9-14/h4-10H,3H2,1-2H3,(H3,18,19). The van der Waals surface area contributed by atoms with Crippen molar-refractivity contribution >= 4 is 17.2 Å². The average molecular weight is 271 g/mol. The van der Waals surface area contributed by atoms with Gasteiger partial charge in [-0.05, 0) is 55.8 Å². The van der Waals surface area contributed by atoms with Crippen LogP contribution >= 0.6 is 0 Å². The van der Waals surface area contributed by atoms with Crippen molar-refractivity contribution in [1.82, 2.24) is 0 Å². The maximum atomic E-state index is 13.4. The molecule has 3 N–H and O–H groups in total. The molecule has 0 radical (unpaired) electrons. The molecule has 0 heterocycles. The predicted molar refractivity (Wildman–Crippen MR) is 81.3 cm³/mol. The van der Waals surface area contributed by atoms with Crippen LogP contribution < -0.4 is 10.6 Å². The summed E-state index contributed by atoms with van der Waals surface area (Å²) >= 11 is 0. The van der Waals surface area contributed by atoms with E-state index in [-0.39, 0.29) is 11.7 Å². The first-order valence-electron chi connectivity index (χ1n) is 6.51. The Bertz CT molecular complexity index is 637. The molecule has 0 unspecified atom stereocenters. The molecule has 0 aromatic heterocycles. The van der Waals surface area contributed by atoms with Crippen molar-refractivity contribution in [1.29, 1.82) is 5.41 Å². The smallest absolute Gasteiger partial charge is 0.125 e. The molecular weight excluding hydrogens is 253 g/mol. The summed E-state index contributed by atoms with van der Waals surface area (Å²) in [6.07, 6.45) is 0. The van der Waals surface area contributed by atoms with Crippen molar-refractivity contribution < 1.29 is 4.39 Å². The fraction of sp³-hybridized carbons (Fsp3) is 0.188. The molecule has 20 heavy (non-hydrogen) atoms. The van der Waals surface area contributed by atoms with Gasteiger partial charge in [0.15, 0.2) is 0 Å². The van der Waals surface area contributed by atoms with Crippen LogP contribution in [0.1, 0.15) is 18.1 Å². The molecule has 2 aromatic carbocycles. The molecule has 0 amide bonds. The van der Waals surface area contributed by atoms with Crippen LogP contribution in [-0.2, 0) is 0 Å². The zero-order chi connectivity index (χ0) is 14.7. The van der Waals surface area contributed by atoms with Crippen molar-refractivity contribution in [2.24, 2.45) is 5.73 Å². The second kappa shape index (κ2) is 5.74. The summed E-state index contributed by atoms with van der Waals surface area (Å²) in [6.45, 7) is 4.65. The lowest BCUT2D eigenvalue weighted by Crippen LogP contribution is -2.18. The summed E-state index contributed by atoms with van der Waals surface area (Å²) in [5, 5.41) is 7.51. The first-order chi connectivity index (χ1) is 9.52. The van der Waals surface area contributed by atoms with Gasteiger partial charge in [-0.3, -0.25) is 5.41 Å². The largest absolute Gasteiger partial charge is 0.384 e. The van der Waals surface area contributed by atoms with E-state index in [9.17, 15) is 4.39 Å². The number of nitrogens with one attached hydrogen (secondary N) is 1. The molecule has 3 nitrogen and oxygen atoms in total. The first kappa shape index (κ1) is 14.1. The molecule has 2 aromatic rings. The Labute approximate surface area is 118 Å². The number of hydrogen-bond acceptors (Lipinski definition) is 2. The predicted octanol–water partition coefficient (Wildman–Crippen LogP) is 3.58. The molecule has 0 saturated heterocycles. The lowest BCUT2D eigenvalue weighted by atomic mass is 10.1. The molecule has 0 saturated carbocycles. The Morgan fingerprint density at radius 3 is 2.45 bits per heavy atom. The minimum absolute atomic E-state index is 0.0582. The topological polar surface area (TPSA) is 53.1 Å². The maximum Gasteiger partial charge on any atom is 0.125 e. The second-order valence-electron chi connectivity index (χ2n) is 4.64. The number of nitrogen functional groups attached to an aromatic ring is 1. The Morgan fingerprint density at radius 1 is 1.20 bits per heavy atom. The van der Waals surface area contributed by atoms with Crippen LogP contribution in [0.2, 0.25) is 0 Å². The van der Waals surface area contributed by atoms with E-state index in [1.54, 1.807) is 6.07 Å². The van der Waals surface area contributed by atoms with Crippen LogP contribution in [0.25, 0.3) is 0 Å². The molecule has 0 spiro atoms. The number of rotatable bonds is 4. The quantitative estimate of drug-likeness (QED) is 0.659. The number of amidine groups is 1. The van der Waals surface area contributed by atoms with Gasteiger partial charge in [-0.2, -0.15) is 0 Å². The molecule has 0 aliphatic rings. The number of hydrogen-bond donors (Lipinski definition) is 2. The Hall–Kier alpha value is -2.36. The van der Waals surface area contributed by atoms with E-state index in [1.807, 2.05) is 43.0 Å². The summed E-state index contributed by atoms with van der Waals surface area (Å²) < 4.78 is 13.4. The van der Waals surface area contributed by atoms with Gasteiger partial charge in [0, 0.05) is 23.5 Å². The Kier molecular flexibility index (Phi) is 4.03. The van der Waals surface area contributed by atoms with Crippen molar-refractivity contribution in [2.75, 3.05) is 11.4 Å². The normalized spacial score (nSPS) is 10.3. The Balaban J connectivity index is 2.42. The van der Waals surface area contributed by atoms with Crippen LogP contribution in [0.5, 0.6) is 0 Å². The van der Waals surface area contributed by atoms with Gasteiger partial charge in [-0.1, -0.05) is 6.07 Å². The highest BCUT2D eigenvalue weighted by Gasteiger charge is 2.10. The van der Waals surface area contributed by atoms with Crippen LogP contribution in [0, 0.1) is 18.2 Å². The van der Waals surface area contributed by atoms with Gasteiger partial charge in [-0.15, -0.1) is 0 Å². The van der Waals surface area contributed by atoms with Gasteiger partial charge in [0.2, 0.25) is 0 Å². The summed E-state index contributed by atoms with van der Waals surface area (Å²) in [6, 6.07) is 12.2. The second-order valence-corrected chi connectivity index (χ2v) is 4.64. The van der Waals surface area contributed by atoms with Crippen LogP contribution in [0.4, 0.5) is 15.8 Å². The summed E-state index contributed by atoms with van der Waals surface area (Å²) in [7, 11) is 0. The minimum Gasteiger partial charge on any atom is -0.384 e. The van der Waals surface area contributed by atoms with Crippen molar-refractivity contribution in [3.8, 4) is 0 Å². The molecule has 2 rings (SSSR count). The van der Waals surface area contributed by atoms with Crippen molar-refractivity contribution in [2.45, 2.75) is 13.8 Å². The van der Waals surface area contributed by atoms with Gasteiger partial charge >= 0.3 is 0 Å². The summed E-state index contributed by atoms with van der Waals surface area (Å²) in [4.78, 5) is 2.01. The van der Waals surface area contributed by atoms with E-state index in [0.29, 0.717) is 0 Å². The van der Waals surface area contributed by atoms with Crippen LogP contribution in [-0.4, -0.2) is 12.4 Å². The van der Waals surface area contributed by atoms with Gasteiger partial charge in [-0.25, -0.2) is 4.39 Å². The molecule has 0 bridgehead atoms. The van der Waals surface area contributed by atoms with Crippen molar-refractivity contribution in [3.63, 3.8) is 0 Å². The monoisotopic (exact) mass is 271 g/mol. The zero-order valence-electron chi connectivity index (χ0n) is 11.7. The molecular formula is C16H18FN3. The molecule has 0 atom stereocenters. The summed E-state index contributed by atoms with van der Waals surface area (Å²) in [5.74, 6) is -0.194. The molecule has 0 aliphatic carbocycles. The number of anilines is 2. The fourth-order valence-electron chi connectivity index (χ4n) is 2.28. The van der Waals surface area contributed by atoms with Crippen LogP contribution in [0.15, 0.2) is 42.5 Å².